The zero-order valence-electron chi connectivity index (χ0n) is 14.0. The first kappa shape index (κ1) is 19.9. The average Bonchev–Trinajstić information content (AvgIpc) is 2.62. The molecule has 8 nitrogen and oxygen atoms in total. The van der Waals surface area contributed by atoms with E-state index in [4.69, 9.17) is 29.3 Å². The van der Waals surface area contributed by atoms with E-state index < -0.39 is 11.9 Å². The molecule has 0 saturated carbocycles. The molecule has 1 aromatic carbocycles. The first-order valence-electron chi connectivity index (χ1n) is 7.34. The van der Waals surface area contributed by atoms with E-state index in [1.165, 1.54) is 5.56 Å². The van der Waals surface area contributed by atoms with Crippen molar-refractivity contribution in [2.24, 2.45) is 0 Å². The van der Waals surface area contributed by atoms with Gasteiger partial charge in [0.05, 0.1) is 19.8 Å². The molecule has 0 radical (unpaired) electrons. The lowest BCUT2D eigenvalue weighted by molar-refractivity contribution is -0.686. The van der Waals surface area contributed by atoms with Gasteiger partial charge in [-0.1, -0.05) is 6.07 Å². The van der Waals surface area contributed by atoms with Crippen molar-refractivity contribution in [3.05, 3.63) is 53.9 Å². The topological polar surface area (TPSA) is 125 Å². The van der Waals surface area contributed by atoms with E-state index in [2.05, 4.69) is 16.4 Å². The molecule has 0 aliphatic rings. The number of benzene rings is 1. The summed E-state index contributed by atoms with van der Waals surface area (Å²) in [7, 11) is 3.33. The normalized spacial score (nSPS) is 9.52. The van der Waals surface area contributed by atoms with Crippen LogP contribution in [-0.4, -0.2) is 36.2 Å². The summed E-state index contributed by atoms with van der Waals surface area (Å²) in [5.74, 6) is -2.42. The van der Waals surface area contributed by atoms with Crippen LogP contribution >= 0.6 is 0 Å². The maximum Gasteiger partial charge on any atom is 0.351 e. The van der Waals surface area contributed by atoms with E-state index in [9.17, 15) is 0 Å². The highest BCUT2D eigenvalue weighted by Crippen LogP contribution is 2.29. The van der Waals surface area contributed by atoms with Gasteiger partial charge in [-0.3, -0.25) is 4.98 Å². The molecule has 0 aliphatic heterocycles. The van der Waals surface area contributed by atoms with Gasteiger partial charge in [-0.25, -0.2) is 4.79 Å². The molecule has 0 fully saturated rings. The van der Waals surface area contributed by atoms with Gasteiger partial charge in [0.2, 0.25) is 0 Å². The predicted molar refractivity (Wildman–Crippen MR) is 85.8 cm³/mol. The van der Waals surface area contributed by atoms with Crippen molar-refractivity contribution in [1.29, 1.82) is 0 Å². The molecule has 2 aromatic rings. The lowest BCUT2D eigenvalue weighted by Crippen LogP contribution is -2.80. The lowest BCUT2D eigenvalue weighted by Gasteiger charge is -2.11. The highest BCUT2D eigenvalue weighted by Gasteiger charge is 2.10. The summed E-state index contributed by atoms with van der Waals surface area (Å²) in [5, 5.41) is 18.5. The van der Waals surface area contributed by atoms with Crippen LogP contribution in [0.5, 0.6) is 11.5 Å². The van der Waals surface area contributed by atoms with Crippen molar-refractivity contribution >= 4 is 11.9 Å². The van der Waals surface area contributed by atoms with Crippen LogP contribution in [0.3, 0.4) is 0 Å². The van der Waals surface area contributed by atoms with Gasteiger partial charge in [-0.05, 0) is 24.3 Å². The molecule has 0 aliphatic carbocycles. The third-order valence-electron chi connectivity index (χ3n) is 3.15. The molecular weight excluding hydrogens is 328 g/mol. The second-order valence-electron chi connectivity index (χ2n) is 4.80. The van der Waals surface area contributed by atoms with Crippen molar-refractivity contribution in [1.82, 2.24) is 4.98 Å². The zero-order chi connectivity index (χ0) is 18.7. The minimum absolute atomic E-state index is 0.775. The highest BCUT2D eigenvalue weighted by molar-refractivity contribution is 6.26. The van der Waals surface area contributed by atoms with Crippen molar-refractivity contribution < 1.29 is 34.6 Å². The van der Waals surface area contributed by atoms with Crippen LogP contribution < -0.4 is 19.9 Å². The van der Waals surface area contributed by atoms with Crippen LogP contribution in [-0.2, 0) is 22.7 Å². The van der Waals surface area contributed by atoms with Gasteiger partial charge in [0.15, 0.2) is 17.5 Å². The minimum atomic E-state index is -2.07. The average molecular weight is 348 g/mol. The van der Waals surface area contributed by atoms with Gasteiger partial charge in [0, 0.05) is 18.0 Å². The number of methoxy groups -OCH3 is 2. The number of nitrogens with two attached hydrogens (primary N) is 1. The second-order valence-corrected chi connectivity index (χ2v) is 4.80. The van der Waals surface area contributed by atoms with Crippen LogP contribution in [0, 0.1) is 0 Å². The molecule has 1 heterocycles. The van der Waals surface area contributed by atoms with E-state index in [1.807, 2.05) is 36.7 Å². The fraction of sp³-hybridized carbons (Fsp3) is 0.235. The number of carbonyl (C=O) groups is 2. The molecule has 0 saturated heterocycles. The molecule has 1 aromatic heterocycles. The number of ether oxygens (including phenoxy) is 2. The summed E-state index contributed by atoms with van der Waals surface area (Å²) >= 11 is 0. The molecule has 0 atom stereocenters. The molecule has 134 valence electrons. The van der Waals surface area contributed by atoms with Crippen LogP contribution in [0.25, 0.3) is 0 Å². The fourth-order valence-corrected chi connectivity index (χ4v) is 2.03. The molecule has 2 rings (SSSR count). The van der Waals surface area contributed by atoms with Crippen molar-refractivity contribution in [3.63, 3.8) is 0 Å². The van der Waals surface area contributed by atoms with E-state index in [0.29, 0.717) is 0 Å². The zero-order valence-corrected chi connectivity index (χ0v) is 14.0. The standard InChI is InChI=1S/C15H18N2O2.C2H2O4/c1-18-14-5-3-4-13(15(14)19-2)11-17-10-12-6-8-16-9-7-12;3-1(4)2(5)6/h3-9,17H,10-11H2,1-2H3;(H,3,4)(H,5,6). The number of quaternary nitrogens is 1. The maximum atomic E-state index is 9.04. The van der Waals surface area contributed by atoms with Crippen molar-refractivity contribution in [2.45, 2.75) is 13.1 Å². The number of para-hydroxylation sites is 1. The summed E-state index contributed by atoms with van der Waals surface area (Å²) in [5.41, 5.74) is 2.40. The first-order chi connectivity index (χ1) is 12.0. The third-order valence-corrected chi connectivity index (χ3v) is 3.15. The number of aliphatic carboxylic acids is 2. The Balaban J connectivity index is 0.000000450. The van der Waals surface area contributed by atoms with Crippen LogP contribution in [0.15, 0.2) is 42.7 Å². The molecule has 0 unspecified atom stereocenters. The Labute approximate surface area is 145 Å². The van der Waals surface area contributed by atoms with Gasteiger partial charge in [-0.2, -0.15) is 0 Å². The molecule has 25 heavy (non-hydrogen) atoms. The van der Waals surface area contributed by atoms with Crippen molar-refractivity contribution in [3.8, 4) is 11.5 Å². The number of nitrogens with zero attached hydrogens (tertiary/aromatic N) is 1. The van der Waals surface area contributed by atoms with Gasteiger partial charge in [0.25, 0.3) is 0 Å². The lowest BCUT2D eigenvalue weighted by atomic mass is 10.1. The van der Waals surface area contributed by atoms with Crippen LogP contribution in [0.4, 0.5) is 0 Å². The Hall–Kier alpha value is -3.13. The molecule has 0 amide bonds. The van der Waals surface area contributed by atoms with E-state index in [0.717, 1.165) is 30.2 Å². The fourth-order valence-electron chi connectivity index (χ4n) is 2.03. The number of hydrogen-bond acceptors (Lipinski definition) is 6. The smallest absolute Gasteiger partial charge is 0.351 e. The predicted octanol–water partition coefficient (Wildman–Crippen LogP) is -0.817. The summed E-state index contributed by atoms with van der Waals surface area (Å²) in [6.45, 7) is 1.77. The summed E-state index contributed by atoms with van der Waals surface area (Å²) in [6, 6.07) is 10.0. The van der Waals surface area contributed by atoms with Crippen LogP contribution in [0.2, 0.25) is 0 Å². The molecule has 0 spiro atoms. The Bertz CT molecular complexity index is 679. The van der Waals surface area contributed by atoms with Gasteiger partial charge >= 0.3 is 5.97 Å². The summed E-state index contributed by atoms with van der Waals surface area (Å²) < 4.78 is 10.7. The number of hydrogen-bond donors (Lipinski definition) is 2. The Morgan fingerprint density at radius 1 is 1.12 bits per heavy atom. The van der Waals surface area contributed by atoms with Gasteiger partial charge in [0.1, 0.15) is 13.1 Å². The monoisotopic (exact) mass is 348 g/mol. The molecule has 0 bridgehead atoms. The number of carboxylic acids is 2. The molecule has 8 heteroatoms. The number of pyridine rings is 1. The molecule has 3 N–H and O–H groups in total. The largest absolute Gasteiger partial charge is 0.539 e. The Kier molecular flexibility index (Phi) is 8.45. The summed E-state index contributed by atoms with van der Waals surface area (Å²) in [6.07, 6.45) is 3.63. The third kappa shape index (κ3) is 6.88. The quantitative estimate of drug-likeness (QED) is 0.654. The van der Waals surface area contributed by atoms with Crippen LogP contribution in [0.1, 0.15) is 11.1 Å². The van der Waals surface area contributed by atoms with Gasteiger partial charge < -0.3 is 29.8 Å². The highest BCUT2D eigenvalue weighted by atomic mass is 16.5. The van der Waals surface area contributed by atoms with Gasteiger partial charge in [-0.15, -0.1) is 0 Å². The van der Waals surface area contributed by atoms with E-state index in [1.54, 1.807) is 14.2 Å². The Morgan fingerprint density at radius 2 is 1.76 bits per heavy atom. The van der Waals surface area contributed by atoms with E-state index in [-0.39, 0.29) is 0 Å². The number of carboxylic acid groups (broad SMARTS) is 2. The second kappa shape index (κ2) is 10.6. The SMILES string of the molecule is COc1cccc(C[NH2+]Cc2ccncc2)c1OC.O=C([O-])C(=O)O. The minimum Gasteiger partial charge on any atom is -0.539 e. The maximum absolute atomic E-state index is 9.04. The number of aromatic nitrogens is 1. The van der Waals surface area contributed by atoms with E-state index >= 15 is 0 Å². The first-order valence-corrected chi connectivity index (χ1v) is 7.34. The number of rotatable bonds is 6. The van der Waals surface area contributed by atoms with Crippen molar-refractivity contribution in [2.75, 3.05) is 14.2 Å². The number of carbonyl (C=O) groups excluding carboxylic acids is 1. The summed E-state index contributed by atoms with van der Waals surface area (Å²) in [4.78, 5) is 22.0. The molecular formula is C17H20N2O6. The Morgan fingerprint density at radius 3 is 2.28 bits per heavy atom.